The van der Waals surface area contributed by atoms with Gasteiger partial charge in [0.1, 0.15) is 5.78 Å². The molecule has 0 aliphatic heterocycles. The van der Waals surface area contributed by atoms with Crippen LogP contribution in [0.5, 0.6) is 0 Å². The number of ketones is 1. The lowest BCUT2D eigenvalue weighted by Crippen LogP contribution is -2.52. The van der Waals surface area contributed by atoms with Crippen LogP contribution in [0.3, 0.4) is 0 Å². The van der Waals surface area contributed by atoms with Crippen molar-refractivity contribution < 1.29 is 4.79 Å². The van der Waals surface area contributed by atoms with Crippen molar-refractivity contribution in [1.82, 2.24) is 0 Å². The first-order valence-corrected chi connectivity index (χ1v) is 9.09. The van der Waals surface area contributed by atoms with Gasteiger partial charge in [-0.15, -0.1) is 0 Å². The lowest BCUT2D eigenvalue weighted by molar-refractivity contribution is -0.138. The monoisotopic (exact) mass is 274 g/mol. The Labute approximate surface area is 123 Å². The molecule has 6 atom stereocenters. The van der Waals surface area contributed by atoms with Gasteiger partial charge in [-0.25, -0.2) is 0 Å². The third-order valence-corrected chi connectivity index (χ3v) is 8.29. The van der Waals surface area contributed by atoms with Crippen molar-refractivity contribution in [2.24, 2.45) is 34.5 Å². The smallest absolute Gasteiger partial charge is 0.139 e. The number of carbonyl (C=O) groups is 1. The molecule has 4 saturated carbocycles. The van der Waals surface area contributed by atoms with Gasteiger partial charge in [-0.3, -0.25) is 4.79 Å². The van der Waals surface area contributed by atoms with Gasteiger partial charge in [0.05, 0.1) is 0 Å². The van der Waals surface area contributed by atoms with Gasteiger partial charge in [-0.1, -0.05) is 26.7 Å². The van der Waals surface area contributed by atoms with Crippen LogP contribution in [-0.2, 0) is 4.79 Å². The fourth-order valence-corrected chi connectivity index (χ4v) is 7.07. The molecule has 0 heterocycles. The summed E-state index contributed by atoms with van der Waals surface area (Å²) >= 11 is 0. The van der Waals surface area contributed by atoms with E-state index >= 15 is 0 Å². The van der Waals surface area contributed by atoms with Crippen molar-refractivity contribution in [2.75, 3.05) is 0 Å². The Kier molecular flexibility index (Phi) is 2.89. The predicted octanol–water partition coefficient (Wildman–Crippen LogP) is 4.99. The molecule has 1 nitrogen and oxygen atoms in total. The Morgan fingerprint density at radius 3 is 2.60 bits per heavy atom. The van der Waals surface area contributed by atoms with Crippen LogP contribution in [0, 0.1) is 34.5 Å². The van der Waals surface area contributed by atoms with E-state index in [4.69, 9.17) is 0 Å². The second-order valence-electron chi connectivity index (χ2n) is 8.82. The molecule has 4 fully saturated rings. The maximum Gasteiger partial charge on any atom is 0.139 e. The van der Waals surface area contributed by atoms with Crippen molar-refractivity contribution >= 4 is 5.78 Å². The average Bonchev–Trinajstić information content (AvgIpc) is 2.74. The van der Waals surface area contributed by atoms with Crippen LogP contribution in [0.25, 0.3) is 0 Å². The molecule has 0 spiro atoms. The SMILES string of the molecule is C[C@]12CCCC[C@H]1CC[C@@H]1[C@H]2CC[C@]2(C)C(=O)CC[C@@H]12. The Balaban J connectivity index is 1.66. The third-order valence-electron chi connectivity index (χ3n) is 8.29. The van der Waals surface area contributed by atoms with E-state index < -0.39 is 0 Å². The summed E-state index contributed by atoms with van der Waals surface area (Å²) in [5.74, 6) is 4.13. The summed E-state index contributed by atoms with van der Waals surface area (Å²) in [6.07, 6.45) is 13.4. The third kappa shape index (κ3) is 1.58. The summed E-state index contributed by atoms with van der Waals surface area (Å²) < 4.78 is 0. The highest BCUT2D eigenvalue weighted by molar-refractivity contribution is 5.87. The highest BCUT2D eigenvalue weighted by Gasteiger charge is 2.59. The van der Waals surface area contributed by atoms with Crippen LogP contribution < -0.4 is 0 Å². The number of hydrogen-bond donors (Lipinski definition) is 0. The molecule has 0 aromatic rings. The van der Waals surface area contributed by atoms with Crippen molar-refractivity contribution in [1.29, 1.82) is 0 Å². The van der Waals surface area contributed by atoms with Crippen LogP contribution in [0.15, 0.2) is 0 Å². The zero-order valence-corrected chi connectivity index (χ0v) is 13.3. The van der Waals surface area contributed by atoms with Gasteiger partial charge < -0.3 is 0 Å². The normalized spacial score (nSPS) is 55.0. The topological polar surface area (TPSA) is 17.1 Å². The summed E-state index contributed by atoms with van der Waals surface area (Å²) in [5, 5.41) is 0. The molecular weight excluding hydrogens is 244 g/mol. The number of hydrogen-bond acceptors (Lipinski definition) is 1. The maximum atomic E-state index is 12.4. The highest BCUT2D eigenvalue weighted by Crippen LogP contribution is 2.65. The summed E-state index contributed by atoms with van der Waals surface area (Å²) in [7, 11) is 0. The molecule has 0 radical (unpaired) electrons. The van der Waals surface area contributed by atoms with Gasteiger partial charge in [0, 0.05) is 11.8 Å². The van der Waals surface area contributed by atoms with E-state index in [2.05, 4.69) is 13.8 Å². The molecule has 4 aliphatic rings. The quantitative estimate of drug-likeness (QED) is 0.608. The molecule has 0 unspecified atom stereocenters. The van der Waals surface area contributed by atoms with Crippen LogP contribution in [-0.4, -0.2) is 5.78 Å². The summed E-state index contributed by atoms with van der Waals surface area (Å²) in [6.45, 7) is 4.92. The van der Waals surface area contributed by atoms with E-state index in [9.17, 15) is 4.79 Å². The lowest BCUT2D eigenvalue weighted by Gasteiger charge is -2.59. The zero-order valence-electron chi connectivity index (χ0n) is 13.3. The van der Waals surface area contributed by atoms with Gasteiger partial charge in [-0.05, 0) is 74.0 Å². The molecule has 4 rings (SSSR count). The number of carbonyl (C=O) groups excluding carboxylic acids is 1. The molecule has 0 aromatic heterocycles. The molecule has 0 aromatic carbocycles. The van der Waals surface area contributed by atoms with E-state index in [1.165, 1.54) is 57.8 Å². The Hall–Kier alpha value is -0.330. The summed E-state index contributed by atoms with van der Waals surface area (Å²) in [5.41, 5.74) is 0.688. The Morgan fingerprint density at radius 1 is 0.900 bits per heavy atom. The van der Waals surface area contributed by atoms with Gasteiger partial charge >= 0.3 is 0 Å². The molecule has 1 heteroatoms. The molecule has 4 aliphatic carbocycles. The van der Waals surface area contributed by atoms with Crippen molar-refractivity contribution in [3.63, 3.8) is 0 Å². The first-order valence-electron chi connectivity index (χ1n) is 9.09. The average molecular weight is 274 g/mol. The fourth-order valence-electron chi connectivity index (χ4n) is 7.07. The molecule has 112 valence electrons. The minimum atomic E-state index is 0.0685. The molecular formula is C19H30O. The van der Waals surface area contributed by atoms with Crippen molar-refractivity contribution in [3.05, 3.63) is 0 Å². The second-order valence-corrected chi connectivity index (χ2v) is 8.82. The fraction of sp³-hybridized carbons (Fsp3) is 0.947. The van der Waals surface area contributed by atoms with Crippen LogP contribution in [0.4, 0.5) is 0 Å². The minimum absolute atomic E-state index is 0.0685. The first kappa shape index (κ1) is 13.3. The van der Waals surface area contributed by atoms with Crippen LogP contribution in [0.1, 0.15) is 78.1 Å². The maximum absolute atomic E-state index is 12.4. The number of rotatable bonds is 0. The highest BCUT2D eigenvalue weighted by atomic mass is 16.1. The van der Waals surface area contributed by atoms with E-state index in [1.807, 2.05) is 0 Å². The van der Waals surface area contributed by atoms with Gasteiger partial charge in [-0.2, -0.15) is 0 Å². The minimum Gasteiger partial charge on any atom is -0.299 e. The van der Waals surface area contributed by atoms with Crippen molar-refractivity contribution in [2.45, 2.75) is 78.1 Å². The number of Topliss-reactive ketones (excluding diaryl/α,β-unsaturated/α-hetero) is 1. The van der Waals surface area contributed by atoms with E-state index in [-0.39, 0.29) is 5.41 Å². The van der Waals surface area contributed by atoms with E-state index in [0.29, 0.717) is 11.2 Å². The largest absolute Gasteiger partial charge is 0.299 e. The first-order chi connectivity index (χ1) is 9.56. The Bertz CT molecular complexity index is 427. The van der Waals surface area contributed by atoms with Crippen LogP contribution >= 0.6 is 0 Å². The lowest BCUT2D eigenvalue weighted by atomic mass is 9.45. The molecule has 0 saturated heterocycles. The predicted molar refractivity (Wildman–Crippen MR) is 81.4 cm³/mol. The second kappa shape index (κ2) is 4.34. The van der Waals surface area contributed by atoms with Gasteiger partial charge in [0.25, 0.3) is 0 Å². The van der Waals surface area contributed by atoms with Crippen molar-refractivity contribution in [3.8, 4) is 0 Å². The molecule has 0 amide bonds. The van der Waals surface area contributed by atoms with Gasteiger partial charge in [0.15, 0.2) is 0 Å². The van der Waals surface area contributed by atoms with E-state index in [1.54, 1.807) is 0 Å². The molecule has 20 heavy (non-hydrogen) atoms. The van der Waals surface area contributed by atoms with E-state index in [0.717, 1.165) is 30.1 Å². The van der Waals surface area contributed by atoms with Gasteiger partial charge in [0.2, 0.25) is 0 Å². The van der Waals surface area contributed by atoms with Crippen LogP contribution in [0.2, 0.25) is 0 Å². The molecule has 0 bridgehead atoms. The zero-order chi connectivity index (χ0) is 14.0. The Morgan fingerprint density at radius 2 is 1.75 bits per heavy atom. The summed E-state index contributed by atoms with van der Waals surface area (Å²) in [6, 6.07) is 0. The molecule has 0 N–H and O–H groups in total. The standard InChI is InChI=1S/C19H30O/c1-18-11-4-3-5-13(18)6-7-14-15-8-9-17(20)19(15,2)12-10-16(14)18/h13-16H,3-12H2,1-2H3/t13-,14-,15-,16+,18-,19-/m0/s1. The number of fused-ring (bicyclic) bond motifs is 5. The summed E-state index contributed by atoms with van der Waals surface area (Å²) in [4.78, 5) is 12.4.